The quantitative estimate of drug-likeness (QED) is 0.851. The monoisotopic (exact) mass is 293 g/mol. The van der Waals surface area contributed by atoms with Gasteiger partial charge in [0.1, 0.15) is 0 Å². The smallest absolute Gasteiger partial charge is 0.337 e. The number of methoxy groups -OCH3 is 1. The molecule has 0 radical (unpaired) electrons. The molecular formula is C13H12ClN3O3. The van der Waals surface area contributed by atoms with Crippen LogP contribution in [0.15, 0.2) is 24.3 Å². The summed E-state index contributed by atoms with van der Waals surface area (Å²) >= 11 is 5.99. The maximum absolute atomic E-state index is 12.0. The molecule has 0 fully saturated rings. The van der Waals surface area contributed by atoms with E-state index in [1.165, 1.54) is 25.3 Å². The van der Waals surface area contributed by atoms with Crippen LogP contribution in [0.4, 0.5) is 5.69 Å². The number of nitrogens with zero attached hydrogens (tertiary/aromatic N) is 1. The molecule has 0 saturated heterocycles. The van der Waals surface area contributed by atoms with Crippen molar-refractivity contribution in [1.82, 2.24) is 10.2 Å². The summed E-state index contributed by atoms with van der Waals surface area (Å²) in [5.74, 6) is -0.925. The molecule has 0 bridgehead atoms. The Morgan fingerprint density at radius 1 is 1.35 bits per heavy atom. The minimum absolute atomic E-state index is 0.238. The molecule has 2 aromatic rings. The van der Waals surface area contributed by atoms with Gasteiger partial charge in [0.2, 0.25) is 0 Å². The van der Waals surface area contributed by atoms with Crippen LogP contribution in [0.5, 0.6) is 0 Å². The fourth-order valence-corrected chi connectivity index (χ4v) is 1.75. The Morgan fingerprint density at radius 2 is 2.10 bits per heavy atom. The number of halogens is 1. The molecule has 2 N–H and O–H groups in total. The van der Waals surface area contributed by atoms with E-state index >= 15 is 0 Å². The Hall–Kier alpha value is -2.34. The van der Waals surface area contributed by atoms with E-state index in [1.54, 1.807) is 13.0 Å². The molecule has 6 nitrogen and oxygen atoms in total. The summed E-state index contributed by atoms with van der Waals surface area (Å²) in [6, 6.07) is 6.08. The molecule has 0 unspecified atom stereocenters. The molecule has 0 aliphatic rings. The summed E-state index contributed by atoms with van der Waals surface area (Å²) in [4.78, 5) is 23.4. The van der Waals surface area contributed by atoms with Crippen molar-refractivity contribution in [3.63, 3.8) is 0 Å². The number of aromatic amines is 1. The van der Waals surface area contributed by atoms with Gasteiger partial charge in [-0.3, -0.25) is 9.89 Å². The highest BCUT2D eigenvalue weighted by molar-refractivity contribution is 6.34. The van der Waals surface area contributed by atoms with Crippen molar-refractivity contribution in [2.75, 3.05) is 12.4 Å². The average Bonchev–Trinajstić information content (AvgIpc) is 2.87. The van der Waals surface area contributed by atoms with Gasteiger partial charge in [-0.15, -0.1) is 0 Å². The van der Waals surface area contributed by atoms with Crippen molar-refractivity contribution in [2.24, 2.45) is 0 Å². The van der Waals surface area contributed by atoms with Gasteiger partial charge < -0.3 is 10.1 Å². The number of hydrogen-bond donors (Lipinski definition) is 2. The van der Waals surface area contributed by atoms with Crippen LogP contribution in [0.25, 0.3) is 0 Å². The van der Waals surface area contributed by atoms with Crippen molar-refractivity contribution in [3.05, 3.63) is 46.2 Å². The average molecular weight is 294 g/mol. The molecule has 1 aromatic heterocycles. The summed E-state index contributed by atoms with van der Waals surface area (Å²) < 4.78 is 4.61. The molecule has 1 amide bonds. The number of esters is 1. The molecule has 0 aliphatic heterocycles. The summed E-state index contributed by atoms with van der Waals surface area (Å²) in [6.07, 6.45) is 0. The number of aryl methyl sites for hydroxylation is 1. The zero-order chi connectivity index (χ0) is 14.7. The van der Waals surface area contributed by atoms with Crippen molar-refractivity contribution in [1.29, 1.82) is 0 Å². The van der Waals surface area contributed by atoms with Crippen LogP contribution in [0, 0.1) is 6.92 Å². The molecule has 0 aliphatic carbocycles. The lowest BCUT2D eigenvalue weighted by atomic mass is 10.2. The molecule has 7 heteroatoms. The molecule has 1 heterocycles. The predicted octanol–water partition coefficient (Wildman–Crippen LogP) is 2.41. The molecule has 2 rings (SSSR count). The van der Waals surface area contributed by atoms with Gasteiger partial charge >= 0.3 is 5.97 Å². The number of anilines is 1. The Labute approximate surface area is 120 Å². The van der Waals surface area contributed by atoms with Gasteiger partial charge in [0, 0.05) is 5.69 Å². The van der Waals surface area contributed by atoms with Gasteiger partial charge in [-0.25, -0.2) is 4.79 Å². The van der Waals surface area contributed by atoms with Crippen molar-refractivity contribution >= 4 is 29.2 Å². The fourth-order valence-electron chi connectivity index (χ4n) is 1.59. The first-order valence-electron chi connectivity index (χ1n) is 5.72. The lowest BCUT2D eigenvalue weighted by Crippen LogP contribution is -2.13. The van der Waals surface area contributed by atoms with E-state index in [-0.39, 0.29) is 5.69 Å². The van der Waals surface area contributed by atoms with Gasteiger partial charge in [0.05, 0.1) is 23.4 Å². The summed E-state index contributed by atoms with van der Waals surface area (Å²) in [6.45, 7) is 1.79. The number of carbonyl (C=O) groups is 2. The SMILES string of the molecule is COC(=O)c1ccc(Cl)c(NC(=O)c2cc(C)[nH]n2)c1. The van der Waals surface area contributed by atoms with E-state index in [4.69, 9.17) is 11.6 Å². The second-order valence-electron chi connectivity index (χ2n) is 4.08. The molecule has 1 aromatic carbocycles. The third kappa shape index (κ3) is 2.97. The van der Waals surface area contributed by atoms with E-state index in [2.05, 4.69) is 20.3 Å². The second kappa shape index (κ2) is 5.75. The van der Waals surface area contributed by atoms with E-state index in [9.17, 15) is 9.59 Å². The van der Waals surface area contributed by atoms with Gasteiger partial charge in [-0.2, -0.15) is 5.10 Å². The lowest BCUT2D eigenvalue weighted by molar-refractivity contribution is 0.0600. The molecule has 104 valence electrons. The Kier molecular flexibility index (Phi) is 4.05. The first-order valence-corrected chi connectivity index (χ1v) is 6.10. The van der Waals surface area contributed by atoms with E-state index in [1.807, 2.05) is 0 Å². The van der Waals surface area contributed by atoms with Gasteiger partial charge in [0.15, 0.2) is 5.69 Å². The molecule has 0 spiro atoms. The van der Waals surface area contributed by atoms with Crippen molar-refractivity contribution < 1.29 is 14.3 Å². The molecule has 0 saturated carbocycles. The van der Waals surface area contributed by atoms with Crippen LogP contribution in [0.2, 0.25) is 5.02 Å². The number of carbonyl (C=O) groups excluding carboxylic acids is 2. The fraction of sp³-hybridized carbons (Fsp3) is 0.154. The zero-order valence-electron chi connectivity index (χ0n) is 10.9. The summed E-state index contributed by atoms with van der Waals surface area (Å²) in [7, 11) is 1.28. The number of hydrogen-bond acceptors (Lipinski definition) is 4. The maximum atomic E-state index is 12.0. The Morgan fingerprint density at radius 3 is 2.70 bits per heavy atom. The highest BCUT2D eigenvalue weighted by Gasteiger charge is 2.14. The topological polar surface area (TPSA) is 84.1 Å². The lowest BCUT2D eigenvalue weighted by Gasteiger charge is -2.07. The van der Waals surface area contributed by atoms with Crippen LogP contribution in [-0.2, 0) is 4.74 Å². The van der Waals surface area contributed by atoms with Crippen molar-refractivity contribution in [2.45, 2.75) is 6.92 Å². The highest BCUT2D eigenvalue weighted by Crippen LogP contribution is 2.24. The molecule has 0 atom stereocenters. The van der Waals surface area contributed by atoms with Gasteiger partial charge in [-0.1, -0.05) is 11.6 Å². The van der Waals surface area contributed by atoms with Gasteiger partial charge in [0.25, 0.3) is 5.91 Å². The zero-order valence-corrected chi connectivity index (χ0v) is 11.6. The van der Waals surface area contributed by atoms with Crippen molar-refractivity contribution in [3.8, 4) is 0 Å². The third-order valence-corrected chi connectivity index (χ3v) is 2.90. The second-order valence-corrected chi connectivity index (χ2v) is 4.48. The molecule has 20 heavy (non-hydrogen) atoms. The maximum Gasteiger partial charge on any atom is 0.337 e. The first kappa shape index (κ1) is 14.1. The Balaban J connectivity index is 2.24. The minimum Gasteiger partial charge on any atom is -0.465 e. The number of benzene rings is 1. The van der Waals surface area contributed by atoms with Crippen LogP contribution < -0.4 is 5.32 Å². The highest BCUT2D eigenvalue weighted by atomic mass is 35.5. The molecular weight excluding hydrogens is 282 g/mol. The van der Waals surface area contributed by atoms with Crippen LogP contribution in [0.3, 0.4) is 0 Å². The number of rotatable bonds is 3. The van der Waals surface area contributed by atoms with Crippen LogP contribution in [0.1, 0.15) is 26.5 Å². The number of nitrogens with one attached hydrogen (secondary N) is 2. The van der Waals surface area contributed by atoms with E-state index < -0.39 is 11.9 Å². The number of aromatic nitrogens is 2. The third-order valence-electron chi connectivity index (χ3n) is 2.57. The van der Waals surface area contributed by atoms with Crippen LogP contribution in [-0.4, -0.2) is 29.2 Å². The number of amides is 1. The van der Waals surface area contributed by atoms with Gasteiger partial charge in [-0.05, 0) is 31.2 Å². The minimum atomic E-state index is -0.507. The summed E-state index contributed by atoms with van der Waals surface area (Å²) in [5.41, 5.74) is 1.62. The van der Waals surface area contributed by atoms with E-state index in [0.29, 0.717) is 16.3 Å². The largest absolute Gasteiger partial charge is 0.465 e. The summed E-state index contributed by atoms with van der Waals surface area (Å²) in [5, 5.41) is 9.43. The normalized spacial score (nSPS) is 10.2. The number of ether oxygens (including phenoxy) is 1. The number of H-pyrrole nitrogens is 1. The Bertz CT molecular complexity index is 667. The standard InChI is InChI=1S/C13H12ClN3O3/c1-7-5-11(17-16-7)12(18)15-10-6-8(13(19)20-2)3-4-9(10)14/h3-6H,1-2H3,(H,15,18)(H,16,17). The predicted molar refractivity (Wildman–Crippen MR) is 74.1 cm³/mol. The van der Waals surface area contributed by atoms with Crippen LogP contribution >= 0.6 is 11.6 Å². The van der Waals surface area contributed by atoms with E-state index in [0.717, 1.165) is 5.69 Å². The first-order chi connectivity index (χ1) is 9.51.